The largest absolute Gasteiger partial charge is 0.364 e. The van der Waals surface area contributed by atoms with Gasteiger partial charge in [-0.2, -0.15) is 0 Å². The molecule has 0 aliphatic rings. The highest BCUT2D eigenvalue weighted by molar-refractivity contribution is 6.09. The summed E-state index contributed by atoms with van der Waals surface area (Å²) in [6, 6.07) is 11.4. The Morgan fingerprint density at radius 3 is 2.77 bits per heavy atom. The van der Waals surface area contributed by atoms with E-state index in [2.05, 4.69) is 20.6 Å². The number of methoxy groups -OCH3 is 1. The Kier molecular flexibility index (Phi) is 4.02. The van der Waals surface area contributed by atoms with Crippen molar-refractivity contribution in [3.63, 3.8) is 0 Å². The SMILES string of the molecule is COCNC(=O)c1[nH]c2ccccc2c1Nc1ccncc1. The Hall–Kier alpha value is -2.86. The number of benzene rings is 1. The lowest BCUT2D eigenvalue weighted by molar-refractivity contribution is 0.0869. The summed E-state index contributed by atoms with van der Waals surface area (Å²) in [7, 11) is 1.53. The molecule has 0 aliphatic heterocycles. The lowest BCUT2D eigenvalue weighted by atomic mass is 10.2. The number of nitrogens with one attached hydrogen (secondary N) is 3. The molecule has 22 heavy (non-hydrogen) atoms. The van der Waals surface area contributed by atoms with Gasteiger partial charge in [0.25, 0.3) is 5.91 Å². The number of anilines is 2. The molecule has 0 spiro atoms. The first-order valence-corrected chi connectivity index (χ1v) is 6.84. The molecule has 0 fully saturated rings. The third-order valence-electron chi connectivity index (χ3n) is 3.26. The van der Waals surface area contributed by atoms with Crippen molar-refractivity contribution < 1.29 is 9.53 Å². The monoisotopic (exact) mass is 296 g/mol. The van der Waals surface area contributed by atoms with Crippen LogP contribution in [0.4, 0.5) is 11.4 Å². The standard InChI is InChI=1S/C16H16N4O2/c1-22-10-18-16(21)15-14(19-11-6-8-17-9-7-11)12-4-2-3-5-13(12)20-15/h2-9,20H,10H2,1H3,(H,17,19)(H,18,21). The smallest absolute Gasteiger partial charge is 0.271 e. The molecule has 0 unspecified atom stereocenters. The Morgan fingerprint density at radius 1 is 1.23 bits per heavy atom. The van der Waals surface area contributed by atoms with Gasteiger partial charge in [0.1, 0.15) is 12.4 Å². The minimum atomic E-state index is -0.227. The highest BCUT2D eigenvalue weighted by atomic mass is 16.5. The van der Waals surface area contributed by atoms with E-state index in [-0.39, 0.29) is 12.6 Å². The zero-order valence-corrected chi connectivity index (χ0v) is 12.1. The van der Waals surface area contributed by atoms with E-state index in [1.165, 1.54) is 7.11 Å². The molecule has 6 heteroatoms. The number of ether oxygens (including phenoxy) is 1. The number of carbonyl (C=O) groups excluding carboxylic acids is 1. The van der Waals surface area contributed by atoms with Gasteiger partial charge >= 0.3 is 0 Å². The summed E-state index contributed by atoms with van der Waals surface area (Å²) in [4.78, 5) is 19.4. The number of rotatable bonds is 5. The summed E-state index contributed by atoms with van der Waals surface area (Å²) in [5.41, 5.74) is 2.95. The summed E-state index contributed by atoms with van der Waals surface area (Å²) in [6.45, 7) is 0.156. The van der Waals surface area contributed by atoms with Crippen LogP contribution in [-0.4, -0.2) is 29.7 Å². The number of amides is 1. The molecule has 1 aromatic carbocycles. The van der Waals surface area contributed by atoms with Crippen molar-refractivity contribution in [2.24, 2.45) is 0 Å². The number of aromatic nitrogens is 2. The quantitative estimate of drug-likeness (QED) is 0.632. The summed E-state index contributed by atoms with van der Waals surface area (Å²) in [5.74, 6) is -0.227. The number of hydrogen-bond acceptors (Lipinski definition) is 4. The van der Waals surface area contributed by atoms with E-state index in [0.29, 0.717) is 5.69 Å². The minimum absolute atomic E-state index is 0.156. The lowest BCUT2D eigenvalue weighted by Crippen LogP contribution is -2.26. The second kappa shape index (κ2) is 6.28. The summed E-state index contributed by atoms with van der Waals surface area (Å²) >= 11 is 0. The molecular weight excluding hydrogens is 280 g/mol. The molecule has 0 atom stereocenters. The molecule has 0 radical (unpaired) electrons. The molecule has 1 amide bonds. The van der Waals surface area contributed by atoms with Crippen LogP contribution in [0.3, 0.4) is 0 Å². The molecule has 3 aromatic rings. The number of nitrogens with zero attached hydrogens (tertiary/aromatic N) is 1. The fourth-order valence-corrected chi connectivity index (χ4v) is 2.25. The van der Waals surface area contributed by atoms with Crippen LogP contribution >= 0.6 is 0 Å². The Morgan fingerprint density at radius 2 is 2.00 bits per heavy atom. The van der Waals surface area contributed by atoms with Crippen LogP contribution < -0.4 is 10.6 Å². The van der Waals surface area contributed by atoms with Gasteiger partial charge in [0.2, 0.25) is 0 Å². The van der Waals surface area contributed by atoms with Crippen molar-refractivity contribution >= 4 is 28.2 Å². The minimum Gasteiger partial charge on any atom is -0.364 e. The van der Waals surface area contributed by atoms with E-state index in [1.54, 1.807) is 12.4 Å². The Balaban J connectivity index is 2.03. The molecule has 0 saturated heterocycles. The van der Waals surface area contributed by atoms with Gasteiger partial charge in [-0.15, -0.1) is 0 Å². The number of pyridine rings is 1. The predicted octanol–water partition coefficient (Wildman–Crippen LogP) is 2.64. The number of H-pyrrole nitrogens is 1. The number of hydrogen-bond donors (Lipinski definition) is 3. The van der Waals surface area contributed by atoms with Crippen molar-refractivity contribution in [2.75, 3.05) is 19.2 Å². The zero-order chi connectivity index (χ0) is 15.4. The van der Waals surface area contributed by atoms with Crippen molar-refractivity contribution in [3.05, 3.63) is 54.5 Å². The topological polar surface area (TPSA) is 79.0 Å². The van der Waals surface area contributed by atoms with Gasteiger partial charge in [-0.3, -0.25) is 9.78 Å². The molecule has 2 heterocycles. The second-order valence-corrected chi connectivity index (χ2v) is 4.72. The van der Waals surface area contributed by atoms with Gasteiger partial charge in [-0.25, -0.2) is 0 Å². The molecule has 0 aliphatic carbocycles. The van der Waals surface area contributed by atoms with Crippen LogP contribution in [0.1, 0.15) is 10.5 Å². The van der Waals surface area contributed by atoms with Crippen LogP contribution in [0.25, 0.3) is 10.9 Å². The molecule has 112 valence electrons. The number of aromatic amines is 1. The third kappa shape index (κ3) is 2.77. The van der Waals surface area contributed by atoms with Crippen molar-refractivity contribution in [1.29, 1.82) is 0 Å². The molecule has 6 nitrogen and oxygen atoms in total. The van der Waals surface area contributed by atoms with Gasteiger partial charge in [-0.1, -0.05) is 18.2 Å². The van der Waals surface area contributed by atoms with E-state index >= 15 is 0 Å². The zero-order valence-electron chi connectivity index (χ0n) is 12.1. The van der Waals surface area contributed by atoms with Crippen LogP contribution in [0.2, 0.25) is 0 Å². The number of carbonyl (C=O) groups is 1. The van der Waals surface area contributed by atoms with Gasteiger partial charge in [0, 0.05) is 36.1 Å². The van der Waals surface area contributed by atoms with E-state index in [4.69, 9.17) is 4.74 Å². The average molecular weight is 296 g/mol. The van der Waals surface area contributed by atoms with E-state index in [1.807, 2.05) is 36.4 Å². The van der Waals surface area contributed by atoms with Crippen LogP contribution in [0, 0.1) is 0 Å². The van der Waals surface area contributed by atoms with Crippen molar-refractivity contribution in [1.82, 2.24) is 15.3 Å². The second-order valence-electron chi connectivity index (χ2n) is 4.72. The van der Waals surface area contributed by atoms with Gasteiger partial charge in [-0.05, 0) is 18.2 Å². The first-order valence-electron chi connectivity index (χ1n) is 6.84. The van der Waals surface area contributed by atoms with E-state index in [0.717, 1.165) is 22.3 Å². The highest BCUT2D eigenvalue weighted by Gasteiger charge is 2.17. The summed E-state index contributed by atoms with van der Waals surface area (Å²) < 4.78 is 4.89. The molecular formula is C16H16N4O2. The predicted molar refractivity (Wildman–Crippen MR) is 85.2 cm³/mol. The molecule has 0 saturated carbocycles. The summed E-state index contributed by atoms with van der Waals surface area (Å²) in [6.07, 6.45) is 3.39. The van der Waals surface area contributed by atoms with Crippen LogP contribution in [-0.2, 0) is 4.74 Å². The normalized spacial score (nSPS) is 10.6. The molecule has 3 rings (SSSR count). The van der Waals surface area contributed by atoms with Gasteiger partial charge in [0.05, 0.1) is 5.69 Å². The van der Waals surface area contributed by atoms with Gasteiger partial charge in [0.15, 0.2) is 0 Å². The fraction of sp³-hybridized carbons (Fsp3) is 0.125. The Bertz CT molecular complexity index is 783. The van der Waals surface area contributed by atoms with E-state index < -0.39 is 0 Å². The number of fused-ring (bicyclic) bond motifs is 1. The fourth-order valence-electron chi connectivity index (χ4n) is 2.25. The van der Waals surface area contributed by atoms with Crippen LogP contribution in [0.5, 0.6) is 0 Å². The van der Waals surface area contributed by atoms with Gasteiger partial charge < -0.3 is 20.4 Å². The maximum Gasteiger partial charge on any atom is 0.271 e. The number of para-hydroxylation sites is 1. The van der Waals surface area contributed by atoms with Crippen LogP contribution in [0.15, 0.2) is 48.8 Å². The highest BCUT2D eigenvalue weighted by Crippen LogP contribution is 2.30. The first kappa shape index (κ1) is 14.1. The average Bonchev–Trinajstić information content (AvgIpc) is 2.92. The molecule has 2 aromatic heterocycles. The Labute approximate surface area is 127 Å². The molecule has 3 N–H and O–H groups in total. The summed E-state index contributed by atoms with van der Waals surface area (Å²) in [5, 5.41) is 6.92. The van der Waals surface area contributed by atoms with Crippen molar-refractivity contribution in [3.8, 4) is 0 Å². The molecule has 0 bridgehead atoms. The maximum absolute atomic E-state index is 12.3. The van der Waals surface area contributed by atoms with E-state index in [9.17, 15) is 4.79 Å². The maximum atomic E-state index is 12.3. The lowest BCUT2D eigenvalue weighted by Gasteiger charge is -2.08. The van der Waals surface area contributed by atoms with Crippen molar-refractivity contribution in [2.45, 2.75) is 0 Å². The first-order chi connectivity index (χ1) is 10.8. The third-order valence-corrected chi connectivity index (χ3v) is 3.26.